The lowest BCUT2D eigenvalue weighted by atomic mass is 10.1. The molecule has 0 saturated carbocycles. The standard InChI is InChI=1S/C11H10BrClS2/c1-6-5-8(7(2)15-6)10(13)11-9(12)3-4-14-11/h3-5,10H,1-2H3. The van der Waals surface area contributed by atoms with Crippen molar-refractivity contribution in [3.05, 3.63) is 42.2 Å². The first-order valence-electron chi connectivity index (χ1n) is 4.53. The van der Waals surface area contributed by atoms with Gasteiger partial charge in [0.2, 0.25) is 0 Å². The molecule has 2 aromatic rings. The summed E-state index contributed by atoms with van der Waals surface area (Å²) in [6.07, 6.45) is 0. The Kier molecular flexibility index (Phi) is 3.56. The van der Waals surface area contributed by atoms with Crippen molar-refractivity contribution in [1.82, 2.24) is 0 Å². The summed E-state index contributed by atoms with van der Waals surface area (Å²) in [4.78, 5) is 3.83. The van der Waals surface area contributed by atoms with Crippen molar-refractivity contribution in [2.75, 3.05) is 0 Å². The van der Waals surface area contributed by atoms with Crippen LogP contribution in [-0.4, -0.2) is 0 Å². The Morgan fingerprint density at radius 3 is 2.60 bits per heavy atom. The van der Waals surface area contributed by atoms with Crippen molar-refractivity contribution in [2.24, 2.45) is 0 Å². The highest BCUT2D eigenvalue weighted by Crippen LogP contribution is 2.40. The molecular weight excluding hydrogens is 312 g/mol. The first kappa shape index (κ1) is 11.6. The molecular formula is C11H10BrClS2. The number of alkyl halides is 1. The first-order valence-corrected chi connectivity index (χ1v) is 7.46. The number of thiophene rings is 2. The Morgan fingerprint density at radius 2 is 2.13 bits per heavy atom. The van der Waals surface area contributed by atoms with Crippen LogP contribution in [0.4, 0.5) is 0 Å². The van der Waals surface area contributed by atoms with E-state index in [1.807, 2.05) is 6.07 Å². The minimum atomic E-state index is -0.0238. The van der Waals surface area contributed by atoms with Crippen LogP contribution >= 0.6 is 50.2 Å². The molecule has 2 heterocycles. The SMILES string of the molecule is Cc1cc(C(Cl)c2sccc2Br)c(C)s1. The van der Waals surface area contributed by atoms with Crippen LogP contribution in [0.1, 0.15) is 25.6 Å². The summed E-state index contributed by atoms with van der Waals surface area (Å²) in [6, 6.07) is 4.23. The molecule has 2 rings (SSSR count). The van der Waals surface area contributed by atoms with Crippen LogP contribution in [0.15, 0.2) is 22.0 Å². The average molecular weight is 322 g/mol. The van der Waals surface area contributed by atoms with Crippen molar-refractivity contribution in [1.29, 1.82) is 0 Å². The van der Waals surface area contributed by atoms with Crippen LogP contribution in [0.5, 0.6) is 0 Å². The Labute approximate surface area is 111 Å². The van der Waals surface area contributed by atoms with Gasteiger partial charge in [-0.05, 0) is 52.9 Å². The van der Waals surface area contributed by atoms with Crippen molar-refractivity contribution in [3.8, 4) is 0 Å². The zero-order chi connectivity index (χ0) is 11.0. The second kappa shape index (κ2) is 4.58. The molecule has 0 nitrogen and oxygen atoms in total. The molecule has 0 aromatic carbocycles. The molecule has 0 aliphatic heterocycles. The van der Waals surface area contributed by atoms with Gasteiger partial charge in [0.1, 0.15) is 0 Å². The fourth-order valence-electron chi connectivity index (χ4n) is 1.53. The summed E-state index contributed by atoms with van der Waals surface area (Å²) >= 11 is 13.5. The van der Waals surface area contributed by atoms with Gasteiger partial charge in [0, 0.05) is 19.1 Å². The minimum Gasteiger partial charge on any atom is -0.146 e. The minimum absolute atomic E-state index is 0.0238. The molecule has 0 aliphatic rings. The Bertz CT molecular complexity index is 473. The smallest absolute Gasteiger partial charge is 0.0949 e. The van der Waals surface area contributed by atoms with Gasteiger partial charge < -0.3 is 0 Å². The van der Waals surface area contributed by atoms with Crippen LogP contribution in [0.3, 0.4) is 0 Å². The maximum absolute atomic E-state index is 6.48. The highest BCUT2D eigenvalue weighted by Gasteiger charge is 2.18. The monoisotopic (exact) mass is 320 g/mol. The first-order chi connectivity index (χ1) is 7.09. The predicted octanol–water partition coefficient (Wildman–Crippen LogP) is 5.52. The second-order valence-electron chi connectivity index (χ2n) is 3.36. The number of hydrogen-bond donors (Lipinski definition) is 0. The van der Waals surface area contributed by atoms with E-state index in [1.165, 1.54) is 20.2 Å². The van der Waals surface area contributed by atoms with Crippen molar-refractivity contribution in [3.63, 3.8) is 0 Å². The molecule has 0 radical (unpaired) electrons. The topological polar surface area (TPSA) is 0 Å². The summed E-state index contributed by atoms with van der Waals surface area (Å²) in [5.74, 6) is 0. The van der Waals surface area contributed by atoms with E-state index >= 15 is 0 Å². The predicted molar refractivity (Wildman–Crippen MR) is 73.5 cm³/mol. The zero-order valence-corrected chi connectivity index (χ0v) is 12.4. The lowest BCUT2D eigenvalue weighted by Gasteiger charge is -2.07. The van der Waals surface area contributed by atoms with E-state index < -0.39 is 0 Å². The third-order valence-electron chi connectivity index (χ3n) is 2.23. The number of rotatable bonds is 2. The third-order valence-corrected chi connectivity index (χ3v) is 5.73. The summed E-state index contributed by atoms with van der Waals surface area (Å²) in [5.41, 5.74) is 1.24. The van der Waals surface area contributed by atoms with E-state index in [0.29, 0.717) is 0 Å². The second-order valence-corrected chi connectivity index (χ2v) is 7.06. The lowest BCUT2D eigenvalue weighted by Crippen LogP contribution is -1.90. The molecule has 0 aliphatic carbocycles. The fraction of sp³-hybridized carbons (Fsp3) is 0.273. The number of hydrogen-bond acceptors (Lipinski definition) is 2. The molecule has 0 N–H and O–H groups in total. The van der Waals surface area contributed by atoms with Gasteiger partial charge in [-0.1, -0.05) is 0 Å². The molecule has 15 heavy (non-hydrogen) atoms. The molecule has 2 aromatic heterocycles. The van der Waals surface area contributed by atoms with Gasteiger partial charge in [-0.2, -0.15) is 0 Å². The molecule has 0 saturated heterocycles. The highest BCUT2D eigenvalue weighted by molar-refractivity contribution is 9.10. The lowest BCUT2D eigenvalue weighted by molar-refractivity contribution is 1.16. The summed E-state index contributed by atoms with van der Waals surface area (Å²) in [7, 11) is 0. The van der Waals surface area contributed by atoms with Gasteiger partial charge in [0.25, 0.3) is 0 Å². The molecule has 0 amide bonds. The molecule has 1 atom stereocenters. The summed E-state index contributed by atoms with van der Waals surface area (Å²) in [6.45, 7) is 4.25. The van der Waals surface area contributed by atoms with Gasteiger partial charge in [0.15, 0.2) is 0 Å². The molecule has 4 heteroatoms. The molecule has 0 bridgehead atoms. The van der Waals surface area contributed by atoms with Gasteiger partial charge in [-0.15, -0.1) is 34.3 Å². The quantitative estimate of drug-likeness (QED) is 0.639. The van der Waals surface area contributed by atoms with Crippen LogP contribution in [-0.2, 0) is 0 Å². The van der Waals surface area contributed by atoms with E-state index in [9.17, 15) is 0 Å². The van der Waals surface area contributed by atoms with Crippen LogP contribution in [0.2, 0.25) is 0 Å². The van der Waals surface area contributed by atoms with Gasteiger partial charge in [-0.3, -0.25) is 0 Å². The van der Waals surface area contributed by atoms with Crippen molar-refractivity contribution >= 4 is 50.2 Å². The van der Waals surface area contributed by atoms with E-state index in [-0.39, 0.29) is 5.38 Å². The van der Waals surface area contributed by atoms with E-state index in [4.69, 9.17) is 11.6 Å². The van der Waals surface area contributed by atoms with Crippen molar-refractivity contribution in [2.45, 2.75) is 19.2 Å². The Hall–Kier alpha value is 0.170. The summed E-state index contributed by atoms with van der Waals surface area (Å²) < 4.78 is 1.11. The van der Waals surface area contributed by atoms with E-state index in [1.54, 1.807) is 22.7 Å². The Balaban J connectivity index is 2.40. The van der Waals surface area contributed by atoms with Crippen molar-refractivity contribution < 1.29 is 0 Å². The van der Waals surface area contributed by atoms with Crippen LogP contribution in [0, 0.1) is 13.8 Å². The molecule has 0 fully saturated rings. The van der Waals surface area contributed by atoms with Gasteiger partial charge in [-0.25, -0.2) is 0 Å². The molecule has 0 spiro atoms. The Morgan fingerprint density at radius 1 is 1.40 bits per heavy atom. The molecule has 1 unspecified atom stereocenters. The average Bonchev–Trinajstić information content (AvgIpc) is 2.71. The molecule has 80 valence electrons. The van der Waals surface area contributed by atoms with Crippen LogP contribution in [0.25, 0.3) is 0 Å². The van der Waals surface area contributed by atoms with E-state index in [0.717, 1.165) is 4.47 Å². The van der Waals surface area contributed by atoms with Crippen LogP contribution < -0.4 is 0 Å². The third kappa shape index (κ3) is 2.31. The van der Waals surface area contributed by atoms with E-state index in [2.05, 4.69) is 41.2 Å². The largest absolute Gasteiger partial charge is 0.146 e. The maximum atomic E-state index is 6.48. The normalized spacial score (nSPS) is 13.1. The highest BCUT2D eigenvalue weighted by atomic mass is 79.9. The summed E-state index contributed by atoms with van der Waals surface area (Å²) in [5, 5.41) is 2.04. The van der Waals surface area contributed by atoms with Gasteiger partial charge in [0.05, 0.1) is 5.38 Å². The van der Waals surface area contributed by atoms with Gasteiger partial charge >= 0.3 is 0 Å². The number of aryl methyl sites for hydroxylation is 2. The maximum Gasteiger partial charge on any atom is 0.0949 e. The number of halogens is 2. The fourth-order valence-corrected chi connectivity index (χ4v) is 4.78. The zero-order valence-electron chi connectivity index (χ0n) is 8.38.